The van der Waals surface area contributed by atoms with E-state index < -0.39 is 10.0 Å². The lowest BCUT2D eigenvalue weighted by Gasteiger charge is -2.27. The van der Waals surface area contributed by atoms with Crippen molar-refractivity contribution in [3.8, 4) is 0 Å². The van der Waals surface area contributed by atoms with Crippen LogP contribution < -0.4 is 0 Å². The van der Waals surface area contributed by atoms with E-state index in [2.05, 4.69) is 11.1 Å². The molecule has 0 unspecified atom stereocenters. The Morgan fingerprint density at radius 2 is 1.91 bits per heavy atom. The second-order valence-corrected chi connectivity index (χ2v) is 11.4. The Labute approximate surface area is 200 Å². The van der Waals surface area contributed by atoms with E-state index in [0.29, 0.717) is 24.7 Å². The number of carbonyl (C=O) groups excluding carboxylic acids is 1. The highest BCUT2D eigenvalue weighted by atomic mass is 32.2. The monoisotopic (exact) mass is 489 g/mol. The van der Waals surface area contributed by atoms with E-state index in [1.165, 1.54) is 18.0 Å². The van der Waals surface area contributed by atoms with Crippen molar-refractivity contribution >= 4 is 27.7 Å². The average Bonchev–Trinajstić information content (AvgIpc) is 3.20. The van der Waals surface area contributed by atoms with E-state index in [-0.39, 0.29) is 16.6 Å². The van der Waals surface area contributed by atoms with Crippen molar-refractivity contribution in [1.82, 2.24) is 14.2 Å². The number of hydrogen-bond acceptors (Lipinski definition) is 6. The van der Waals surface area contributed by atoms with Gasteiger partial charge in [0.15, 0.2) is 0 Å². The number of pyridine rings is 1. The molecule has 0 bridgehead atoms. The highest BCUT2D eigenvalue weighted by molar-refractivity contribution is 7.99. The van der Waals surface area contributed by atoms with Gasteiger partial charge in [0.25, 0.3) is 0 Å². The standard InChI is InChI=1S/C24H31N3O4S2/c28-24(27(18-21-11-8-16-31-21)20-9-4-3-5-10-20)19-32-23-13-12-22(17-25-23)33(29,30)26-14-6-1-2-7-15-26/h8-9,11-13,16-17H,1-7,10,14-15,18-19H2. The van der Waals surface area contributed by atoms with E-state index >= 15 is 0 Å². The minimum atomic E-state index is -3.52. The molecule has 0 atom stereocenters. The average molecular weight is 490 g/mol. The molecule has 1 aliphatic heterocycles. The lowest BCUT2D eigenvalue weighted by Crippen LogP contribution is -2.32. The fraction of sp³-hybridized carbons (Fsp3) is 0.500. The van der Waals surface area contributed by atoms with Crippen molar-refractivity contribution in [1.29, 1.82) is 0 Å². The van der Waals surface area contributed by atoms with Gasteiger partial charge in [0.05, 0.1) is 23.6 Å². The molecule has 1 saturated heterocycles. The Bertz CT molecular complexity index is 1040. The smallest absolute Gasteiger partial charge is 0.244 e. The number of hydrogen-bond donors (Lipinski definition) is 0. The number of nitrogens with zero attached hydrogens (tertiary/aromatic N) is 3. The Morgan fingerprint density at radius 1 is 1.09 bits per heavy atom. The number of allylic oxidation sites excluding steroid dienone is 2. The number of rotatable bonds is 8. The molecule has 1 aliphatic carbocycles. The van der Waals surface area contributed by atoms with Gasteiger partial charge >= 0.3 is 0 Å². The van der Waals surface area contributed by atoms with Crippen molar-refractivity contribution in [2.75, 3.05) is 18.8 Å². The Kier molecular flexibility index (Phi) is 8.27. The third-order valence-corrected chi connectivity index (χ3v) is 8.88. The highest BCUT2D eigenvalue weighted by Gasteiger charge is 2.26. The maximum absolute atomic E-state index is 13.1. The van der Waals surface area contributed by atoms with E-state index in [1.807, 2.05) is 17.0 Å². The molecule has 4 rings (SSSR count). The van der Waals surface area contributed by atoms with Crippen LogP contribution in [-0.4, -0.2) is 47.4 Å². The van der Waals surface area contributed by atoms with Gasteiger partial charge in [-0.1, -0.05) is 30.7 Å². The molecule has 2 aromatic heterocycles. The molecular formula is C24H31N3O4S2. The Hall–Kier alpha value is -2.10. The zero-order chi connectivity index (χ0) is 23.1. The summed E-state index contributed by atoms with van der Waals surface area (Å²) >= 11 is 1.32. The summed E-state index contributed by atoms with van der Waals surface area (Å²) in [5, 5.41) is 0.633. The van der Waals surface area contributed by atoms with Gasteiger partial charge in [-0.2, -0.15) is 4.31 Å². The van der Waals surface area contributed by atoms with Crippen LogP contribution in [0.4, 0.5) is 0 Å². The Balaban J connectivity index is 1.40. The molecule has 2 aromatic rings. The molecule has 3 heterocycles. The second kappa shape index (κ2) is 11.4. The molecule has 7 nitrogen and oxygen atoms in total. The minimum Gasteiger partial charge on any atom is -0.467 e. The van der Waals surface area contributed by atoms with Crippen LogP contribution in [0.2, 0.25) is 0 Å². The lowest BCUT2D eigenvalue weighted by molar-refractivity contribution is -0.127. The summed E-state index contributed by atoms with van der Waals surface area (Å²) in [6.45, 7) is 1.54. The van der Waals surface area contributed by atoms with Gasteiger partial charge in [-0.15, -0.1) is 0 Å². The summed E-state index contributed by atoms with van der Waals surface area (Å²) in [5.74, 6) is 0.970. The molecule has 178 valence electrons. The maximum Gasteiger partial charge on any atom is 0.244 e. The molecule has 9 heteroatoms. The molecule has 33 heavy (non-hydrogen) atoms. The SMILES string of the molecule is O=C(CSc1ccc(S(=O)(=O)N2CCCCCC2)cn1)N(Cc1ccco1)C1=CCCCC1. The summed E-state index contributed by atoms with van der Waals surface area (Å²) in [6.07, 6.45) is 13.2. The predicted octanol–water partition coefficient (Wildman–Crippen LogP) is 4.82. The van der Waals surface area contributed by atoms with Gasteiger partial charge in [0.1, 0.15) is 10.7 Å². The summed E-state index contributed by atoms with van der Waals surface area (Å²) in [4.78, 5) is 19.5. The first-order valence-electron chi connectivity index (χ1n) is 11.6. The zero-order valence-electron chi connectivity index (χ0n) is 18.8. The first-order valence-corrected chi connectivity index (χ1v) is 14.1. The van der Waals surface area contributed by atoms with E-state index in [1.54, 1.807) is 22.7 Å². The van der Waals surface area contributed by atoms with Crippen LogP contribution in [0.15, 0.2) is 62.8 Å². The maximum atomic E-state index is 13.1. The van der Waals surface area contributed by atoms with Crippen LogP contribution in [0.3, 0.4) is 0 Å². The normalized spacial score (nSPS) is 17.9. The first-order chi connectivity index (χ1) is 16.0. The Morgan fingerprint density at radius 3 is 2.55 bits per heavy atom. The van der Waals surface area contributed by atoms with Crippen LogP contribution in [0.1, 0.15) is 57.1 Å². The summed E-state index contributed by atoms with van der Waals surface area (Å²) in [5.41, 5.74) is 1.05. The quantitative estimate of drug-likeness (QED) is 0.495. The van der Waals surface area contributed by atoms with Crippen molar-refractivity contribution in [2.24, 2.45) is 0 Å². The summed E-state index contributed by atoms with van der Waals surface area (Å²) in [6, 6.07) is 7.00. The van der Waals surface area contributed by atoms with E-state index in [9.17, 15) is 13.2 Å². The predicted molar refractivity (Wildman–Crippen MR) is 128 cm³/mol. The van der Waals surface area contributed by atoms with Crippen LogP contribution in [0.5, 0.6) is 0 Å². The van der Waals surface area contributed by atoms with Crippen molar-refractivity contribution in [3.63, 3.8) is 0 Å². The minimum absolute atomic E-state index is 0.00684. The van der Waals surface area contributed by atoms with Crippen LogP contribution in [-0.2, 0) is 21.4 Å². The summed E-state index contributed by atoms with van der Waals surface area (Å²) in [7, 11) is -3.52. The van der Waals surface area contributed by atoms with Crippen molar-refractivity contribution in [2.45, 2.75) is 67.8 Å². The molecule has 0 saturated carbocycles. The lowest BCUT2D eigenvalue weighted by atomic mass is 10.0. The number of sulfonamides is 1. The number of carbonyl (C=O) groups is 1. The van der Waals surface area contributed by atoms with Gasteiger partial charge < -0.3 is 9.32 Å². The molecule has 1 fully saturated rings. The topological polar surface area (TPSA) is 83.7 Å². The number of aromatic nitrogens is 1. The van der Waals surface area contributed by atoms with Crippen molar-refractivity contribution in [3.05, 3.63) is 54.3 Å². The fourth-order valence-electron chi connectivity index (χ4n) is 4.22. The van der Waals surface area contributed by atoms with E-state index in [0.717, 1.165) is 62.8 Å². The largest absolute Gasteiger partial charge is 0.467 e. The van der Waals surface area contributed by atoms with Gasteiger partial charge in [-0.05, 0) is 62.8 Å². The van der Waals surface area contributed by atoms with E-state index in [4.69, 9.17) is 4.42 Å². The van der Waals surface area contributed by atoms with Gasteiger partial charge in [-0.3, -0.25) is 4.79 Å². The van der Waals surface area contributed by atoms with Crippen molar-refractivity contribution < 1.29 is 17.6 Å². The van der Waals surface area contributed by atoms with Crippen LogP contribution >= 0.6 is 11.8 Å². The molecule has 0 radical (unpaired) electrons. The highest BCUT2D eigenvalue weighted by Crippen LogP contribution is 2.26. The van der Waals surface area contributed by atoms with Crippen LogP contribution in [0, 0.1) is 0 Å². The van der Waals surface area contributed by atoms with Gasteiger partial charge in [-0.25, -0.2) is 13.4 Å². The third kappa shape index (κ3) is 6.28. The molecule has 0 spiro atoms. The molecule has 0 aromatic carbocycles. The fourth-order valence-corrected chi connectivity index (χ4v) is 6.41. The third-order valence-electron chi connectivity index (χ3n) is 6.06. The zero-order valence-corrected chi connectivity index (χ0v) is 20.5. The molecular weight excluding hydrogens is 458 g/mol. The van der Waals surface area contributed by atoms with Gasteiger partial charge in [0.2, 0.25) is 15.9 Å². The van der Waals surface area contributed by atoms with Gasteiger partial charge in [0, 0.05) is 25.0 Å². The second-order valence-electron chi connectivity index (χ2n) is 8.44. The number of furan rings is 1. The first kappa shape index (κ1) is 24.0. The number of amides is 1. The molecule has 1 amide bonds. The number of thioether (sulfide) groups is 1. The van der Waals surface area contributed by atoms with Crippen LogP contribution in [0.25, 0.3) is 0 Å². The molecule has 2 aliphatic rings. The molecule has 0 N–H and O–H groups in total. The summed E-state index contributed by atoms with van der Waals surface area (Å²) < 4.78 is 32.9.